The zero-order valence-corrected chi connectivity index (χ0v) is 19.0. The second-order valence-electron chi connectivity index (χ2n) is 7.62. The molecule has 0 aliphatic heterocycles. The van der Waals surface area contributed by atoms with Crippen molar-refractivity contribution >= 4 is 21.7 Å². The molecule has 2 N–H and O–H groups in total. The van der Waals surface area contributed by atoms with Crippen molar-refractivity contribution in [3.05, 3.63) is 82.4 Å². The molecule has 0 saturated carbocycles. The van der Waals surface area contributed by atoms with Gasteiger partial charge in [0, 0.05) is 18.2 Å². The molecule has 0 heterocycles. The molecule has 0 bridgehead atoms. The molecule has 3 aromatic carbocycles. The van der Waals surface area contributed by atoms with Crippen LogP contribution in [0.1, 0.15) is 19.4 Å². The topological polar surface area (TPSA) is 128 Å². The van der Waals surface area contributed by atoms with Gasteiger partial charge in [0.05, 0.1) is 4.92 Å². The number of sulfonamides is 1. The molecule has 0 aliphatic carbocycles. The average Bonchev–Trinajstić information content (AvgIpc) is 2.73. The van der Waals surface area contributed by atoms with Gasteiger partial charge in [-0.1, -0.05) is 42.0 Å². The van der Waals surface area contributed by atoms with Crippen LogP contribution in [0.25, 0.3) is 11.1 Å². The first-order valence-corrected chi connectivity index (χ1v) is 11.5. The van der Waals surface area contributed by atoms with Gasteiger partial charge in [-0.05, 0) is 50.1 Å². The van der Waals surface area contributed by atoms with Crippen molar-refractivity contribution in [2.45, 2.75) is 31.7 Å². The fraction of sp³-hybridized carbons (Fsp3) is 0.174. The predicted octanol–water partition coefficient (Wildman–Crippen LogP) is 4.76. The van der Waals surface area contributed by atoms with Gasteiger partial charge in [-0.2, -0.15) is 0 Å². The number of nitro benzene ring substituents is 1. The van der Waals surface area contributed by atoms with Crippen molar-refractivity contribution < 1.29 is 22.9 Å². The molecule has 0 aliphatic rings. The Bertz CT molecular complexity index is 1290. The van der Waals surface area contributed by atoms with Gasteiger partial charge in [-0.3, -0.25) is 10.1 Å². The quantitative estimate of drug-likeness (QED) is 0.379. The van der Waals surface area contributed by atoms with Gasteiger partial charge in [-0.15, -0.1) is 0 Å². The summed E-state index contributed by atoms with van der Waals surface area (Å²) in [6, 6.07) is 16.7. The third-order valence-electron chi connectivity index (χ3n) is 4.52. The Hall–Kier alpha value is -3.92. The van der Waals surface area contributed by atoms with Gasteiger partial charge < -0.3 is 10.1 Å². The molecular formula is C23H23N3O6S. The zero-order chi connectivity index (χ0) is 24.2. The van der Waals surface area contributed by atoms with E-state index in [4.69, 9.17) is 4.74 Å². The monoisotopic (exact) mass is 469 g/mol. The van der Waals surface area contributed by atoms with Crippen LogP contribution >= 0.6 is 0 Å². The molecule has 0 aromatic heterocycles. The largest absolute Gasteiger partial charge is 0.456 e. The number of nitro groups is 1. The summed E-state index contributed by atoms with van der Waals surface area (Å²) in [6.07, 6.45) is 0. The molecule has 0 fully saturated rings. The second-order valence-corrected chi connectivity index (χ2v) is 9.27. The van der Waals surface area contributed by atoms with Crippen molar-refractivity contribution in [3.8, 4) is 22.6 Å². The number of amides is 2. The Balaban J connectivity index is 1.98. The number of aryl methyl sites for hydroxylation is 1. The summed E-state index contributed by atoms with van der Waals surface area (Å²) in [5.74, 6) is 0.163. The Morgan fingerprint density at radius 2 is 1.70 bits per heavy atom. The van der Waals surface area contributed by atoms with Crippen molar-refractivity contribution in [2.24, 2.45) is 0 Å². The predicted molar refractivity (Wildman–Crippen MR) is 124 cm³/mol. The maximum atomic E-state index is 12.9. The highest BCUT2D eigenvalue weighted by atomic mass is 32.2. The number of carbonyl (C=O) groups is 1. The van der Waals surface area contributed by atoms with Crippen LogP contribution < -0.4 is 14.8 Å². The van der Waals surface area contributed by atoms with Crippen LogP contribution in [-0.4, -0.2) is 25.4 Å². The van der Waals surface area contributed by atoms with Crippen molar-refractivity contribution in [2.75, 3.05) is 0 Å². The van der Waals surface area contributed by atoms with Crippen LogP contribution in [0.4, 0.5) is 10.5 Å². The average molecular weight is 470 g/mol. The Kier molecular flexibility index (Phi) is 6.98. The van der Waals surface area contributed by atoms with Crippen LogP contribution in [0, 0.1) is 17.0 Å². The summed E-state index contributed by atoms with van der Waals surface area (Å²) in [5, 5.41) is 13.6. The smallest absolute Gasteiger partial charge is 0.328 e. The van der Waals surface area contributed by atoms with E-state index in [2.05, 4.69) is 5.32 Å². The molecule has 0 radical (unpaired) electrons. The van der Waals surface area contributed by atoms with Gasteiger partial charge in [0.1, 0.15) is 16.4 Å². The number of benzene rings is 3. The minimum absolute atomic E-state index is 0.161. The summed E-state index contributed by atoms with van der Waals surface area (Å²) in [4.78, 5) is 21.9. The van der Waals surface area contributed by atoms with E-state index in [-0.39, 0.29) is 11.8 Å². The fourth-order valence-corrected chi connectivity index (χ4v) is 4.05. The van der Waals surface area contributed by atoms with Gasteiger partial charge in [0.15, 0.2) is 0 Å². The number of urea groups is 1. The number of ether oxygens (including phenoxy) is 1. The highest BCUT2D eigenvalue weighted by molar-refractivity contribution is 7.90. The van der Waals surface area contributed by atoms with E-state index in [1.807, 2.05) is 42.0 Å². The molecule has 33 heavy (non-hydrogen) atoms. The van der Waals surface area contributed by atoms with E-state index < -0.39 is 31.6 Å². The minimum Gasteiger partial charge on any atom is -0.456 e. The Labute approximate surface area is 191 Å². The third-order valence-corrected chi connectivity index (χ3v) is 5.87. The van der Waals surface area contributed by atoms with Gasteiger partial charge in [-0.25, -0.2) is 17.9 Å². The summed E-state index contributed by atoms with van der Waals surface area (Å²) < 4.78 is 33.4. The number of nitrogens with one attached hydrogen (secondary N) is 2. The zero-order valence-electron chi connectivity index (χ0n) is 18.2. The van der Waals surface area contributed by atoms with Crippen molar-refractivity contribution in [3.63, 3.8) is 0 Å². The number of rotatable bonds is 7. The lowest BCUT2D eigenvalue weighted by Crippen LogP contribution is -2.42. The summed E-state index contributed by atoms with van der Waals surface area (Å²) in [6.45, 7) is 5.31. The lowest BCUT2D eigenvalue weighted by atomic mass is 10.0. The normalized spacial score (nSPS) is 11.2. The maximum absolute atomic E-state index is 12.9. The first kappa shape index (κ1) is 23.7. The van der Waals surface area contributed by atoms with Crippen molar-refractivity contribution in [1.29, 1.82) is 0 Å². The lowest BCUT2D eigenvalue weighted by molar-refractivity contribution is -0.385. The van der Waals surface area contributed by atoms with Gasteiger partial charge in [0.25, 0.3) is 15.7 Å². The van der Waals surface area contributed by atoms with Gasteiger partial charge >= 0.3 is 6.03 Å². The van der Waals surface area contributed by atoms with E-state index in [9.17, 15) is 23.3 Å². The Morgan fingerprint density at radius 3 is 2.33 bits per heavy atom. The molecular weight excluding hydrogens is 446 g/mol. The summed E-state index contributed by atoms with van der Waals surface area (Å²) in [7, 11) is -4.47. The Morgan fingerprint density at radius 1 is 1.00 bits per heavy atom. The van der Waals surface area contributed by atoms with E-state index >= 15 is 0 Å². The van der Waals surface area contributed by atoms with Crippen LogP contribution in [0.5, 0.6) is 11.5 Å². The molecule has 3 aromatic rings. The molecule has 0 saturated heterocycles. The van der Waals surface area contributed by atoms with Gasteiger partial charge in [0.2, 0.25) is 0 Å². The molecule has 172 valence electrons. The third kappa shape index (κ3) is 6.07. The summed E-state index contributed by atoms with van der Waals surface area (Å²) >= 11 is 0. The second kappa shape index (κ2) is 9.70. The van der Waals surface area contributed by atoms with Crippen LogP contribution in [0.3, 0.4) is 0 Å². The summed E-state index contributed by atoms with van der Waals surface area (Å²) in [5.41, 5.74) is 2.43. The molecule has 3 rings (SSSR count). The number of carbonyl (C=O) groups excluding carboxylic acids is 1. The van der Waals surface area contributed by atoms with E-state index in [1.54, 1.807) is 32.0 Å². The van der Waals surface area contributed by atoms with E-state index in [0.717, 1.165) is 28.8 Å². The van der Waals surface area contributed by atoms with E-state index in [0.29, 0.717) is 5.75 Å². The van der Waals surface area contributed by atoms with Crippen molar-refractivity contribution in [1.82, 2.24) is 10.0 Å². The molecule has 0 spiro atoms. The molecule has 0 unspecified atom stereocenters. The first-order chi connectivity index (χ1) is 15.5. The first-order valence-electron chi connectivity index (χ1n) is 10.0. The molecule has 10 heteroatoms. The van der Waals surface area contributed by atoms with Crippen LogP contribution in [0.2, 0.25) is 0 Å². The number of hydrogen-bond donors (Lipinski definition) is 2. The number of hydrogen-bond acceptors (Lipinski definition) is 6. The lowest BCUT2D eigenvalue weighted by Gasteiger charge is -2.14. The molecule has 0 atom stereocenters. The fourth-order valence-electron chi connectivity index (χ4n) is 2.99. The minimum atomic E-state index is -4.47. The number of non-ortho nitro benzene ring substituents is 1. The number of nitrogens with zero attached hydrogens (tertiary/aromatic N) is 1. The van der Waals surface area contributed by atoms with Crippen LogP contribution in [-0.2, 0) is 10.0 Å². The highest BCUT2D eigenvalue weighted by Gasteiger charge is 2.26. The van der Waals surface area contributed by atoms with E-state index in [1.165, 1.54) is 6.07 Å². The maximum Gasteiger partial charge on any atom is 0.328 e. The van der Waals surface area contributed by atoms with Crippen LogP contribution in [0.15, 0.2) is 71.6 Å². The standard InChI is InChI=1S/C23H23N3O6S/c1-15(2)24-23(27)25-33(30,31)22-14-19(26(28)29)11-12-21(22)32-20-6-4-5-18(13-20)17-9-7-16(3)8-10-17/h4-15H,1-3H3,(H2,24,25,27). The molecule has 9 nitrogen and oxygen atoms in total. The highest BCUT2D eigenvalue weighted by Crippen LogP contribution is 2.33. The molecule has 2 amide bonds. The SMILES string of the molecule is Cc1ccc(-c2cccc(Oc3ccc([N+](=O)[O-])cc3S(=O)(=O)NC(=O)NC(C)C)c2)cc1.